The van der Waals surface area contributed by atoms with Gasteiger partial charge in [0, 0.05) is 9.89 Å². The van der Waals surface area contributed by atoms with Crippen LogP contribution in [-0.2, 0) is 12.0 Å². The minimum absolute atomic E-state index is 0.208. The van der Waals surface area contributed by atoms with Crippen LogP contribution >= 0.6 is 61.1 Å². The summed E-state index contributed by atoms with van der Waals surface area (Å²) >= 11 is 7.96. The quantitative estimate of drug-likeness (QED) is 0.164. The lowest BCUT2D eigenvalue weighted by Gasteiger charge is -2.21. The molecule has 4 aromatic rings. The minimum Gasteiger partial charge on any atom is -0.487 e. The maximum atomic E-state index is 13.4. The molecule has 0 spiro atoms. The Morgan fingerprint density at radius 2 is 1.81 bits per heavy atom. The number of benzene rings is 3. The Morgan fingerprint density at radius 1 is 1.08 bits per heavy atom. The molecule has 0 aliphatic carbocycles. The summed E-state index contributed by atoms with van der Waals surface area (Å²) in [6.45, 7) is 6.70. The first-order valence-electron chi connectivity index (χ1n) is 11.4. The number of nitrogens with zero attached hydrogens (tertiary/aromatic N) is 3. The van der Waals surface area contributed by atoms with Crippen LogP contribution in [0.15, 0.2) is 62.9 Å². The normalized spacial score (nSPS) is 13.0. The monoisotopic (exact) mass is 785 g/mol. The molecule has 1 aliphatic rings. The Balaban J connectivity index is 1.44. The molecule has 10 heteroatoms. The van der Waals surface area contributed by atoms with Gasteiger partial charge in [0.05, 0.1) is 24.3 Å². The minimum atomic E-state index is -0.382. The zero-order valence-electron chi connectivity index (χ0n) is 20.2. The number of halogens is 3. The van der Waals surface area contributed by atoms with E-state index < -0.39 is 0 Å². The summed E-state index contributed by atoms with van der Waals surface area (Å²) in [5.41, 5.74) is 1.90. The zero-order valence-corrected chi connectivity index (χ0v) is 26.1. The van der Waals surface area contributed by atoms with Gasteiger partial charge in [-0.2, -0.15) is 9.78 Å². The van der Waals surface area contributed by atoms with Crippen LogP contribution in [0.25, 0.3) is 10.9 Å². The van der Waals surface area contributed by atoms with Crippen LogP contribution in [0, 0.1) is 7.14 Å². The van der Waals surface area contributed by atoms with Gasteiger partial charge < -0.3 is 14.2 Å². The molecule has 37 heavy (non-hydrogen) atoms. The summed E-state index contributed by atoms with van der Waals surface area (Å²) in [6, 6.07) is 15.3. The van der Waals surface area contributed by atoms with Crippen LogP contribution in [0.5, 0.6) is 17.2 Å². The Bertz CT molecular complexity index is 1590. The molecule has 0 saturated heterocycles. The fourth-order valence-electron chi connectivity index (χ4n) is 3.84. The van der Waals surface area contributed by atoms with Crippen LogP contribution < -0.4 is 19.8 Å². The average molecular weight is 786 g/mol. The molecule has 0 amide bonds. The standard InChI is InChI=1S/C27H22BrI2N3O4/c1-27(2,3)26-32-21-6-5-17(28)11-18(21)25(34)33(26)31-12-16-8-19(29)24(20(30)9-16)35-13-15-4-7-22-23(10-15)37-14-36-22/h4-12H,13-14H2,1-3H3. The predicted octanol–water partition coefficient (Wildman–Crippen LogP) is 6.86. The van der Waals surface area contributed by atoms with Gasteiger partial charge >= 0.3 is 0 Å². The van der Waals surface area contributed by atoms with Crippen molar-refractivity contribution in [3.8, 4) is 17.2 Å². The second-order valence-electron chi connectivity index (χ2n) is 9.50. The van der Waals surface area contributed by atoms with Crippen molar-refractivity contribution in [1.82, 2.24) is 9.66 Å². The van der Waals surface area contributed by atoms with Gasteiger partial charge in [-0.1, -0.05) is 42.8 Å². The Hall–Kier alpha value is -2.19. The second-order valence-corrected chi connectivity index (χ2v) is 12.7. The van der Waals surface area contributed by atoms with Gasteiger partial charge in [0.15, 0.2) is 11.5 Å². The molecule has 0 fully saturated rings. The molecule has 190 valence electrons. The average Bonchev–Trinajstić information content (AvgIpc) is 3.30. The van der Waals surface area contributed by atoms with Crippen LogP contribution in [0.2, 0.25) is 0 Å². The molecule has 1 aromatic heterocycles. The second kappa shape index (κ2) is 10.5. The van der Waals surface area contributed by atoms with Crippen LogP contribution in [-0.4, -0.2) is 22.7 Å². The number of aromatic nitrogens is 2. The van der Waals surface area contributed by atoms with Crippen molar-refractivity contribution in [3.05, 3.63) is 87.4 Å². The smallest absolute Gasteiger partial charge is 0.282 e. The van der Waals surface area contributed by atoms with Crippen molar-refractivity contribution < 1.29 is 14.2 Å². The van der Waals surface area contributed by atoms with E-state index >= 15 is 0 Å². The summed E-state index contributed by atoms with van der Waals surface area (Å²) in [7, 11) is 0. The number of hydrogen-bond donors (Lipinski definition) is 0. The first kappa shape index (κ1) is 26.4. The highest BCUT2D eigenvalue weighted by molar-refractivity contribution is 14.1. The summed E-state index contributed by atoms with van der Waals surface area (Å²) in [5.74, 6) is 2.87. The highest BCUT2D eigenvalue weighted by Gasteiger charge is 2.23. The van der Waals surface area contributed by atoms with E-state index in [2.05, 4.69) is 66.2 Å². The lowest BCUT2D eigenvalue weighted by atomic mass is 9.95. The fraction of sp³-hybridized carbons (Fsp3) is 0.222. The number of fused-ring (bicyclic) bond motifs is 2. The Kier molecular flexibility index (Phi) is 7.51. The van der Waals surface area contributed by atoms with Gasteiger partial charge in [-0.3, -0.25) is 4.79 Å². The predicted molar refractivity (Wildman–Crippen MR) is 164 cm³/mol. The molecule has 1 aliphatic heterocycles. The maximum absolute atomic E-state index is 13.4. The van der Waals surface area contributed by atoms with Crippen LogP contribution in [0.1, 0.15) is 37.7 Å². The van der Waals surface area contributed by atoms with Crippen molar-refractivity contribution in [2.24, 2.45) is 5.10 Å². The highest BCUT2D eigenvalue weighted by Crippen LogP contribution is 2.34. The molecule has 0 atom stereocenters. The van der Waals surface area contributed by atoms with E-state index in [1.807, 2.05) is 63.2 Å². The van der Waals surface area contributed by atoms with Gasteiger partial charge in [0.2, 0.25) is 6.79 Å². The van der Waals surface area contributed by atoms with Crippen molar-refractivity contribution in [1.29, 1.82) is 0 Å². The first-order valence-corrected chi connectivity index (χ1v) is 14.3. The number of hydrogen-bond acceptors (Lipinski definition) is 6. The van der Waals surface area contributed by atoms with Gasteiger partial charge in [-0.15, -0.1) is 0 Å². The molecule has 3 aromatic carbocycles. The van der Waals surface area contributed by atoms with Crippen LogP contribution in [0.4, 0.5) is 0 Å². The molecule has 5 rings (SSSR count). The summed E-state index contributed by atoms with van der Waals surface area (Å²) < 4.78 is 21.1. The van der Waals surface area contributed by atoms with Crippen molar-refractivity contribution in [2.75, 3.05) is 6.79 Å². The van der Waals surface area contributed by atoms with Crippen molar-refractivity contribution in [3.63, 3.8) is 0 Å². The van der Waals surface area contributed by atoms with E-state index in [0.717, 1.165) is 40.0 Å². The third kappa shape index (κ3) is 5.65. The van der Waals surface area contributed by atoms with Crippen molar-refractivity contribution >= 4 is 78.2 Å². The third-order valence-corrected chi connectivity index (χ3v) is 7.74. The first-order chi connectivity index (χ1) is 17.6. The van der Waals surface area contributed by atoms with Crippen LogP contribution in [0.3, 0.4) is 0 Å². The van der Waals surface area contributed by atoms with E-state index in [4.69, 9.17) is 19.2 Å². The molecule has 0 N–H and O–H groups in total. The topological polar surface area (TPSA) is 74.9 Å². The molecule has 0 bridgehead atoms. The largest absolute Gasteiger partial charge is 0.487 e. The molecule has 0 radical (unpaired) electrons. The molecule has 0 unspecified atom stereocenters. The Labute approximate surface area is 249 Å². The Morgan fingerprint density at radius 3 is 2.54 bits per heavy atom. The SMILES string of the molecule is CC(C)(C)c1nc2ccc(Br)cc2c(=O)n1N=Cc1cc(I)c(OCc2ccc3c(c2)OCO3)c(I)c1. The summed E-state index contributed by atoms with van der Waals surface area (Å²) in [4.78, 5) is 18.2. The number of ether oxygens (including phenoxy) is 3. The van der Waals surface area contributed by atoms with Gasteiger partial charge in [0.25, 0.3) is 5.56 Å². The molecular weight excluding hydrogens is 764 g/mol. The summed E-state index contributed by atoms with van der Waals surface area (Å²) in [5, 5.41) is 5.10. The lowest BCUT2D eigenvalue weighted by Crippen LogP contribution is -2.29. The molecule has 7 nitrogen and oxygen atoms in total. The fourth-order valence-corrected chi connectivity index (χ4v) is 6.33. The molecule has 2 heterocycles. The van der Waals surface area contributed by atoms with Gasteiger partial charge in [0.1, 0.15) is 18.2 Å². The van der Waals surface area contributed by atoms with E-state index in [9.17, 15) is 4.79 Å². The third-order valence-electron chi connectivity index (χ3n) is 5.64. The molecular formula is C27H22BrI2N3O4. The van der Waals surface area contributed by atoms with Gasteiger partial charge in [-0.25, -0.2) is 4.98 Å². The van der Waals surface area contributed by atoms with Crippen molar-refractivity contribution in [2.45, 2.75) is 32.8 Å². The number of rotatable bonds is 5. The maximum Gasteiger partial charge on any atom is 0.282 e. The van der Waals surface area contributed by atoms with E-state index in [-0.39, 0.29) is 17.8 Å². The highest BCUT2D eigenvalue weighted by atomic mass is 127. The van der Waals surface area contributed by atoms with Gasteiger partial charge in [-0.05, 0) is 98.8 Å². The zero-order chi connectivity index (χ0) is 26.3. The lowest BCUT2D eigenvalue weighted by molar-refractivity contribution is 0.174. The molecule has 0 saturated carbocycles. The van der Waals surface area contributed by atoms with E-state index in [1.165, 1.54) is 4.68 Å². The van der Waals surface area contributed by atoms with E-state index in [1.54, 1.807) is 12.3 Å². The van der Waals surface area contributed by atoms with E-state index in [0.29, 0.717) is 23.3 Å². The summed E-state index contributed by atoms with van der Waals surface area (Å²) in [6.07, 6.45) is 1.69.